The number of hydrogen-bond donors (Lipinski definition) is 2. The molecule has 0 saturated carbocycles. The number of rotatable bonds is 4. The number of carbonyl (C=O) groups is 1. The van der Waals surface area contributed by atoms with E-state index in [0.29, 0.717) is 29.7 Å². The van der Waals surface area contributed by atoms with E-state index < -0.39 is 0 Å². The lowest BCUT2D eigenvalue weighted by Crippen LogP contribution is -2.48. The van der Waals surface area contributed by atoms with Gasteiger partial charge in [-0.25, -0.2) is 0 Å². The van der Waals surface area contributed by atoms with Crippen LogP contribution in [0.15, 0.2) is 18.2 Å². The van der Waals surface area contributed by atoms with Gasteiger partial charge >= 0.3 is 0 Å². The number of hydrogen-bond acceptors (Lipinski definition) is 3. The summed E-state index contributed by atoms with van der Waals surface area (Å²) in [5.74, 6) is 0.0266. The average Bonchev–Trinajstić information content (AvgIpc) is 2.82. The van der Waals surface area contributed by atoms with Crippen LogP contribution in [0.5, 0.6) is 0 Å². The van der Waals surface area contributed by atoms with Crippen LogP contribution in [0.25, 0.3) is 0 Å². The fourth-order valence-corrected chi connectivity index (χ4v) is 3.85. The van der Waals surface area contributed by atoms with Gasteiger partial charge in [0.2, 0.25) is 5.91 Å². The van der Waals surface area contributed by atoms with Gasteiger partial charge in [-0.15, -0.1) is 12.4 Å². The van der Waals surface area contributed by atoms with Gasteiger partial charge in [0, 0.05) is 28.8 Å². The van der Waals surface area contributed by atoms with E-state index in [4.69, 9.17) is 11.6 Å². The fourth-order valence-electron chi connectivity index (χ4n) is 3.68. The van der Waals surface area contributed by atoms with Crippen molar-refractivity contribution in [1.29, 1.82) is 0 Å². The molecular formula is C17H25Cl2N3O. The van der Waals surface area contributed by atoms with E-state index in [-0.39, 0.29) is 18.3 Å². The molecule has 3 rings (SSSR count). The molecule has 128 valence electrons. The van der Waals surface area contributed by atoms with Crippen LogP contribution in [0, 0.1) is 6.92 Å². The molecule has 2 atom stereocenters. The highest BCUT2D eigenvalue weighted by atomic mass is 35.5. The number of fused-ring (bicyclic) bond motifs is 2. The third-order valence-corrected chi connectivity index (χ3v) is 5.42. The second-order valence-corrected chi connectivity index (χ2v) is 7.05. The third-order valence-electron chi connectivity index (χ3n) is 5.01. The minimum absolute atomic E-state index is 0. The molecule has 1 aromatic carbocycles. The van der Waals surface area contributed by atoms with E-state index in [9.17, 15) is 4.79 Å². The highest BCUT2D eigenvalue weighted by molar-refractivity contribution is 6.31. The number of nitrogens with zero attached hydrogens (tertiary/aromatic N) is 1. The summed E-state index contributed by atoms with van der Waals surface area (Å²) in [6.07, 6.45) is 4.86. The normalized spacial score (nSPS) is 26.0. The maximum Gasteiger partial charge on any atom is 0.238 e. The van der Waals surface area contributed by atoms with E-state index in [1.54, 1.807) is 0 Å². The number of carbonyl (C=O) groups excluding carboxylic acids is 1. The Morgan fingerprint density at radius 2 is 2.00 bits per heavy atom. The highest BCUT2D eigenvalue weighted by Gasteiger charge is 2.35. The molecule has 23 heavy (non-hydrogen) atoms. The second-order valence-electron chi connectivity index (χ2n) is 6.64. The maximum atomic E-state index is 12.3. The van der Waals surface area contributed by atoms with Crippen LogP contribution >= 0.6 is 24.0 Å². The summed E-state index contributed by atoms with van der Waals surface area (Å²) in [7, 11) is 2.06. The molecule has 0 aromatic heterocycles. The summed E-state index contributed by atoms with van der Waals surface area (Å²) in [6, 6.07) is 7.38. The molecule has 1 aromatic rings. The quantitative estimate of drug-likeness (QED) is 0.869. The van der Waals surface area contributed by atoms with Crippen molar-refractivity contribution in [3.05, 3.63) is 28.8 Å². The SMILES string of the molecule is Cc1c(Cl)cccc1NC(=O)CN(C)C1CC2CCC(C1)N2.Cl. The Hall–Kier alpha value is -0.810. The van der Waals surface area contributed by atoms with Crippen molar-refractivity contribution in [2.24, 2.45) is 0 Å². The zero-order chi connectivity index (χ0) is 15.7. The lowest BCUT2D eigenvalue weighted by Gasteiger charge is -2.35. The minimum atomic E-state index is 0. The first-order chi connectivity index (χ1) is 10.5. The van der Waals surface area contributed by atoms with Gasteiger partial charge in [-0.1, -0.05) is 17.7 Å². The van der Waals surface area contributed by atoms with Gasteiger partial charge in [0.25, 0.3) is 0 Å². The van der Waals surface area contributed by atoms with Crippen molar-refractivity contribution in [3.63, 3.8) is 0 Å². The molecular weight excluding hydrogens is 333 g/mol. The predicted octanol–water partition coefficient (Wildman–Crippen LogP) is 3.22. The van der Waals surface area contributed by atoms with Crippen molar-refractivity contribution >= 4 is 35.6 Å². The van der Waals surface area contributed by atoms with Gasteiger partial charge in [-0.2, -0.15) is 0 Å². The molecule has 2 fully saturated rings. The zero-order valence-electron chi connectivity index (χ0n) is 13.6. The lowest BCUT2D eigenvalue weighted by molar-refractivity contribution is -0.117. The molecule has 1 amide bonds. The van der Waals surface area contributed by atoms with Crippen LogP contribution in [0.3, 0.4) is 0 Å². The first kappa shape index (κ1) is 18.5. The number of nitrogens with one attached hydrogen (secondary N) is 2. The first-order valence-corrected chi connectivity index (χ1v) is 8.42. The molecule has 2 bridgehead atoms. The summed E-state index contributed by atoms with van der Waals surface area (Å²) in [4.78, 5) is 14.5. The van der Waals surface area contributed by atoms with Crippen molar-refractivity contribution in [3.8, 4) is 0 Å². The third kappa shape index (κ3) is 4.38. The molecule has 0 spiro atoms. The van der Waals surface area contributed by atoms with Gasteiger partial charge in [-0.3, -0.25) is 9.69 Å². The van der Waals surface area contributed by atoms with Crippen molar-refractivity contribution in [2.45, 2.75) is 50.7 Å². The van der Waals surface area contributed by atoms with Gasteiger partial charge < -0.3 is 10.6 Å². The van der Waals surface area contributed by atoms with Crippen molar-refractivity contribution < 1.29 is 4.79 Å². The van der Waals surface area contributed by atoms with Crippen LogP contribution < -0.4 is 10.6 Å². The molecule has 2 heterocycles. The van der Waals surface area contributed by atoms with Crippen LogP contribution in [-0.4, -0.2) is 42.5 Å². The molecule has 2 N–H and O–H groups in total. The molecule has 4 nitrogen and oxygen atoms in total. The van der Waals surface area contributed by atoms with Crippen LogP contribution in [-0.2, 0) is 4.79 Å². The molecule has 2 aliphatic heterocycles. The Morgan fingerprint density at radius 3 is 2.65 bits per heavy atom. The monoisotopic (exact) mass is 357 g/mol. The van der Waals surface area contributed by atoms with Crippen molar-refractivity contribution in [2.75, 3.05) is 18.9 Å². The minimum Gasteiger partial charge on any atom is -0.325 e. The number of likely N-dealkylation sites (N-methyl/N-ethyl adjacent to an activating group) is 1. The van der Waals surface area contributed by atoms with Crippen LogP contribution in [0.2, 0.25) is 5.02 Å². The fraction of sp³-hybridized carbons (Fsp3) is 0.588. The second kappa shape index (κ2) is 7.84. The Balaban J connectivity index is 0.00000192. The Kier molecular flexibility index (Phi) is 6.32. The molecule has 6 heteroatoms. The predicted molar refractivity (Wildman–Crippen MR) is 97.7 cm³/mol. The van der Waals surface area contributed by atoms with Crippen molar-refractivity contribution in [1.82, 2.24) is 10.2 Å². The standard InChI is InChI=1S/C17H24ClN3O.ClH/c1-11-15(18)4-3-5-16(11)20-17(22)10-21(2)14-8-12-6-7-13(9-14)19-12;/h3-5,12-14,19H,6-10H2,1-2H3,(H,20,22);1H. The highest BCUT2D eigenvalue weighted by Crippen LogP contribution is 2.29. The molecule has 2 unspecified atom stereocenters. The Morgan fingerprint density at radius 1 is 1.35 bits per heavy atom. The van der Waals surface area contributed by atoms with Crippen LogP contribution in [0.4, 0.5) is 5.69 Å². The van der Waals surface area contributed by atoms with Crippen LogP contribution in [0.1, 0.15) is 31.2 Å². The number of amides is 1. The first-order valence-electron chi connectivity index (χ1n) is 8.04. The molecule has 0 radical (unpaired) electrons. The zero-order valence-corrected chi connectivity index (χ0v) is 15.2. The molecule has 2 aliphatic rings. The van der Waals surface area contributed by atoms with Gasteiger partial charge in [0.1, 0.15) is 0 Å². The smallest absolute Gasteiger partial charge is 0.238 e. The van der Waals surface area contributed by atoms with Gasteiger partial charge in [0.05, 0.1) is 6.54 Å². The summed E-state index contributed by atoms with van der Waals surface area (Å²) < 4.78 is 0. The topological polar surface area (TPSA) is 44.4 Å². The van der Waals surface area contributed by atoms with Gasteiger partial charge in [0.15, 0.2) is 0 Å². The van der Waals surface area contributed by atoms with E-state index in [1.165, 1.54) is 12.8 Å². The summed E-state index contributed by atoms with van der Waals surface area (Å²) in [5, 5.41) is 7.30. The van der Waals surface area contributed by atoms with E-state index in [0.717, 1.165) is 24.1 Å². The number of halogens is 2. The Labute approximate surface area is 149 Å². The number of benzene rings is 1. The van der Waals surface area contributed by atoms with E-state index in [2.05, 4.69) is 22.6 Å². The van der Waals surface area contributed by atoms with Gasteiger partial charge in [-0.05, 0) is 57.4 Å². The maximum absolute atomic E-state index is 12.3. The summed E-state index contributed by atoms with van der Waals surface area (Å²) in [5.41, 5.74) is 1.72. The lowest BCUT2D eigenvalue weighted by atomic mass is 9.98. The van der Waals surface area contributed by atoms with E-state index >= 15 is 0 Å². The summed E-state index contributed by atoms with van der Waals surface area (Å²) >= 11 is 6.10. The number of anilines is 1. The largest absolute Gasteiger partial charge is 0.325 e. The average molecular weight is 358 g/mol. The Bertz CT molecular complexity index is 555. The van der Waals surface area contributed by atoms with E-state index in [1.807, 2.05) is 25.1 Å². The summed E-state index contributed by atoms with van der Waals surface area (Å²) in [6.45, 7) is 2.35. The molecule has 0 aliphatic carbocycles. The molecule has 2 saturated heterocycles. The number of piperidine rings is 1.